The molecule has 1 aliphatic heterocycles. The maximum absolute atomic E-state index is 13.4. The Kier molecular flexibility index (Phi) is 6.45. The van der Waals surface area contributed by atoms with Crippen molar-refractivity contribution in [1.29, 1.82) is 0 Å². The van der Waals surface area contributed by atoms with Crippen LogP contribution in [0.25, 0.3) is 11.0 Å². The molecule has 1 atom stereocenters. The Hall–Kier alpha value is -2.70. The Bertz CT molecular complexity index is 995. The second-order valence-corrected chi connectivity index (χ2v) is 7.85. The zero-order chi connectivity index (χ0) is 20.9. The molecule has 1 saturated heterocycles. The molecule has 0 saturated carbocycles. The van der Waals surface area contributed by atoms with Crippen LogP contribution in [0.5, 0.6) is 5.75 Å². The monoisotopic (exact) mass is 410 g/mol. The van der Waals surface area contributed by atoms with Crippen molar-refractivity contribution >= 4 is 11.0 Å². The lowest BCUT2D eigenvalue weighted by molar-refractivity contribution is 0.0589. The Balaban J connectivity index is 1.28. The Morgan fingerprint density at radius 1 is 1.27 bits per heavy atom. The number of hydrogen-bond donors (Lipinski definition) is 1. The highest BCUT2D eigenvalue weighted by Gasteiger charge is 2.26. The van der Waals surface area contributed by atoms with Gasteiger partial charge in [-0.2, -0.15) is 0 Å². The lowest BCUT2D eigenvalue weighted by Gasteiger charge is -2.32. The number of piperidine rings is 1. The van der Waals surface area contributed by atoms with Crippen molar-refractivity contribution in [2.24, 2.45) is 0 Å². The van der Waals surface area contributed by atoms with E-state index in [9.17, 15) is 9.50 Å². The van der Waals surface area contributed by atoms with Gasteiger partial charge in [-0.1, -0.05) is 29.4 Å². The number of fused-ring (bicyclic) bond motifs is 1. The number of likely N-dealkylation sites (tertiary alicyclic amines) is 1. The van der Waals surface area contributed by atoms with Gasteiger partial charge in [-0.05, 0) is 56.1 Å². The average molecular weight is 410 g/mol. The largest absolute Gasteiger partial charge is 0.491 e. The van der Waals surface area contributed by atoms with Gasteiger partial charge in [0.05, 0.1) is 5.69 Å². The van der Waals surface area contributed by atoms with Crippen LogP contribution >= 0.6 is 0 Å². The van der Waals surface area contributed by atoms with Crippen molar-refractivity contribution in [3.8, 4) is 5.75 Å². The summed E-state index contributed by atoms with van der Waals surface area (Å²) in [7, 11) is 0. The number of aromatic nitrogens is 1. The number of benzene rings is 2. The third kappa shape index (κ3) is 4.71. The molecule has 0 amide bonds. The highest BCUT2D eigenvalue weighted by atomic mass is 19.1. The van der Waals surface area contributed by atoms with Crippen LogP contribution in [0.1, 0.15) is 30.0 Å². The smallest absolute Gasteiger partial charge is 0.170 e. The number of allylic oxidation sites excluding steroid dienone is 1. The second-order valence-electron chi connectivity index (χ2n) is 7.85. The Labute approximate surface area is 175 Å². The molecule has 0 aliphatic carbocycles. The van der Waals surface area contributed by atoms with Crippen molar-refractivity contribution in [2.45, 2.75) is 31.3 Å². The fraction of sp³-hybridized carbons (Fsp3) is 0.375. The first-order valence-electron chi connectivity index (χ1n) is 10.4. The molecule has 1 N–H and O–H groups in total. The maximum atomic E-state index is 13.4. The predicted octanol–water partition coefficient (Wildman–Crippen LogP) is 4.31. The van der Waals surface area contributed by atoms with Crippen molar-refractivity contribution < 1.29 is 18.8 Å². The third-order valence-corrected chi connectivity index (χ3v) is 5.67. The van der Waals surface area contributed by atoms with Crippen molar-refractivity contribution in [1.82, 2.24) is 10.1 Å². The third-order valence-electron chi connectivity index (χ3n) is 5.67. The summed E-state index contributed by atoms with van der Waals surface area (Å²) >= 11 is 0. The van der Waals surface area contributed by atoms with E-state index in [1.54, 1.807) is 6.07 Å². The van der Waals surface area contributed by atoms with Gasteiger partial charge in [0.25, 0.3) is 0 Å². The fourth-order valence-electron chi connectivity index (χ4n) is 4.12. The molecule has 1 fully saturated rings. The highest BCUT2D eigenvalue weighted by molar-refractivity contribution is 5.79. The van der Waals surface area contributed by atoms with Crippen LogP contribution in [0.2, 0.25) is 0 Å². The van der Waals surface area contributed by atoms with E-state index in [0.29, 0.717) is 12.1 Å². The van der Waals surface area contributed by atoms with E-state index in [2.05, 4.69) is 16.6 Å². The maximum Gasteiger partial charge on any atom is 0.170 e. The first-order valence-corrected chi connectivity index (χ1v) is 10.4. The van der Waals surface area contributed by atoms with Gasteiger partial charge >= 0.3 is 0 Å². The SMILES string of the molecule is C=CCc1ccccc1OCC(O)CN1CCC(c2noc3cc(F)ccc23)CC1. The minimum Gasteiger partial charge on any atom is -0.491 e. The van der Waals surface area contributed by atoms with Gasteiger partial charge < -0.3 is 19.3 Å². The summed E-state index contributed by atoms with van der Waals surface area (Å²) in [6.45, 7) is 6.33. The number of rotatable bonds is 8. The van der Waals surface area contributed by atoms with E-state index in [1.165, 1.54) is 12.1 Å². The summed E-state index contributed by atoms with van der Waals surface area (Å²) < 4.78 is 24.5. The summed E-state index contributed by atoms with van der Waals surface area (Å²) in [6, 6.07) is 12.4. The van der Waals surface area contributed by atoms with E-state index >= 15 is 0 Å². The van der Waals surface area contributed by atoms with Gasteiger partial charge in [0.1, 0.15) is 24.3 Å². The summed E-state index contributed by atoms with van der Waals surface area (Å²) in [6.07, 6.45) is 3.87. The van der Waals surface area contributed by atoms with Crippen molar-refractivity contribution in [3.63, 3.8) is 0 Å². The van der Waals surface area contributed by atoms with E-state index < -0.39 is 6.10 Å². The van der Waals surface area contributed by atoms with Crippen molar-refractivity contribution in [2.75, 3.05) is 26.2 Å². The Morgan fingerprint density at radius 3 is 2.87 bits per heavy atom. The van der Waals surface area contributed by atoms with E-state index in [0.717, 1.165) is 54.7 Å². The molecular weight excluding hydrogens is 383 g/mol. The van der Waals surface area contributed by atoms with Crippen LogP contribution in [0.3, 0.4) is 0 Å². The number of β-amino-alcohol motifs (C(OH)–C–C–N with tert-alkyl or cyclic N) is 1. The predicted molar refractivity (Wildman–Crippen MR) is 114 cm³/mol. The molecule has 1 aliphatic rings. The first kappa shape index (κ1) is 20.6. The minimum atomic E-state index is -0.561. The molecular formula is C24H27FN2O3. The number of hydrogen-bond acceptors (Lipinski definition) is 5. The summed E-state index contributed by atoms with van der Waals surface area (Å²) in [5.74, 6) is 0.764. The number of aliphatic hydroxyl groups is 1. The van der Waals surface area contributed by atoms with Crippen LogP contribution in [0, 0.1) is 5.82 Å². The molecule has 30 heavy (non-hydrogen) atoms. The van der Waals surface area contributed by atoms with Crippen LogP contribution < -0.4 is 4.74 Å². The molecule has 0 spiro atoms. The van der Waals surface area contributed by atoms with Crippen LogP contribution in [-0.4, -0.2) is 47.5 Å². The molecule has 2 aromatic carbocycles. The summed E-state index contributed by atoms with van der Waals surface area (Å²) in [4.78, 5) is 2.25. The van der Waals surface area contributed by atoms with Gasteiger partial charge in [-0.25, -0.2) is 4.39 Å². The number of ether oxygens (including phenoxy) is 1. The Morgan fingerprint density at radius 2 is 2.07 bits per heavy atom. The normalized spacial score (nSPS) is 16.6. The highest BCUT2D eigenvalue weighted by Crippen LogP contribution is 2.32. The number of aliphatic hydroxyl groups excluding tert-OH is 1. The first-order chi connectivity index (χ1) is 14.6. The molecule has 1 unspecified atom stereocenters. The lowest BCUT2D eigenvalue weighted by Crippen LogP contribution is -2.40. The number of para-hydroxylation sites is 1. The fourth-order valence-corrected chi connectivity index (χ4v) is 4.12. The minimum absolute atomic E-state index is 0.258. The molecule has 6 heteroatoms. The van der Waals surface area contributed by atoms with Gasteiger partial charge in [0.2, 0.25) is 0 Å². The summed E-state index contributed by atoms with van der Waals surface area (Å²) in [5.41, 5.74) is 2.48. The lowest BCUT2D eigenvalue weighted by atomic mass is 9.91. The topological polar surface area (TPSA) is 58.7 Å². The molecule has 1 aromatic heterocycles. The quantitative estimate of drug-likeness (QED) is 0.561. The molecule has 2 heterocycles. The van der Waals surface area contributed by atoms with Crippen LogP contribution in [-0.2, 0) is 6.42 Å². The average Bonchev–Trinajstić information content (AvgIpc) is 3.17. The van der Waals surface area contributed by atoms with Gasteiger partial charge in [-0.3, -0.25) is 0 Å². The van der Waals surface area contributed by atoms with Gasteiger partial charge in [0.15, 0.2) is 5.58 Å². The van der Waals surface area contributed by atoms with E-state index in [-0.39, 0.29) is 18.3 Å². The van der Waals surface area contributed by atoms with Gasteiger partial charge in [-0.15, -0.1) is 6.58 Å². The molecule has 158 valence electrons. The zero-order valence-electron chi connectivity index (χ0n) is 17.0. The summed E-state index contributed by atoms with van der Waals surface area (Å²) in [5, 5.41) is 15.5. The standard InChI is InChI=1S/C24H27FN2O3/c1-2-5-17-6-3-4-7-22(17)29-16-20(28)15-27-12-10-18(11-13-27)24-21-9-8-19(25)14-23(21)30-26-24/h2-4,6-9,14,18,20,28H,1,5,10-13,15-16H2. The van der Waals surface area contributed by atoms with Crippen LogP contribution in [0.4, 0.5) is 4.39 Å². The van der Waals surface area contributed by atoms with E-state index in [4.69, 9.17) is 9.26 Å². The van der Waals surface area contributed by atoms with Crippen LogP contribution in [0.15, 0.2) is 59.6 Å². The molecule has 0 radical (unpaired) electrons. The van der Waals surface area contributed by atoms with Crippen molar-refractivity contribution in [3.05, 3.63) is 72.2 Å². The molecule has 5 nitrogen and oxygen atoms in total. The number of halogens is 1. The molecule has 4 rings (SSSR count). The van der Waals surface area contributed by atoms with E-state index in [1.807, 2.05) is 30.3 Å². The second kappa shape index (κ2) is 9.41. The molecule has 0 bridgehead atoms. The number of nitrogens with zero attached hydrogens (tertiary/aromatic N) is 2. The molecule has 3 aromatic rings. The zero-order valence-corrected chi connectivity index (χ0v) is 17.0. The van der Waals surface area contributed by atoms with Gasteiger partial charge in [0, 0.05) is 23.9 Å².